The molecule has 29 heavy (non-hydrogen) atoms. The molecule has 0 heterocycles. The summed E-state index contributed by atoms with van der Waals surface area (Å²) < 4.78 is 5.87. The molecule has 2 aliphatic rings. The summed E-state index contributed by atoms with van der Waals surface area (Å²) in [6.45, 7) is 7.05. The van der Waals surface area contributed by atoms with Crippen molar-refractivity contribution < 1.29 is 9.53 Å². The lowest BCUT2D eigenvalue weighted by molar-refractivity contribution is 0.0954. The Morgan fingerprint density at radius 1 is 1.10 bits per heavy atom. The van der Waals surface area contributed by atoms with Gasteiger partial charge in [0, 0.05) is 17.2 Å². The van der Waals surface area contributed by atoms with Crippen molar-refractivity contribution in [2.24, 2.45) is 16.9 Å². The van der Waals surface area contributed by atoms with Gasteiger partial charge in [0.05, 0.1) is 0 Å². The van der Waals surface area contributed by atoms with E-state index in [9.17, 15) is 4.79 Å². The fourth-order valence-corrected chi connectivity index (χ4v) is 3.82. The molecule has 4 heteroatoms. The molecule has 0 spiro atoms. The molecule has 2 aromatic carbocycles. The number of amides is 1. The maximum absolute atomic E-state index is 12.3. The standard InChI is InChI=1S/C25H28N2O2/c1-25(2,3)20-11-13-21(14-12-20)29-16-17-7-9-18(10-8-17)24(28)27-26-23-15-19-5-4-6-22(19)23/h4-5,7-14,19,22H,6,15-16H2,1-3H3,(H,27,28)/b26-23-/t19-,22-/m1/s1. The third kappa shape index (κ3) is 4.42. The highest BCUT2D eigenvalue weighted by Gasteiger charge is 2.38. The zero-order valence-corrected chi connectivity index (χ0v) is 17.3. The van der Waals surface area contributed by atoms with Gasteiger partial charge in [-0.15, -0.1) is 0 Å². The second-order valence-electron chi connectivity index (χ2n) is 8.94. The van der Waals surface area contributed by atoms with Crippen molar-refractivity contribution in [1.29, 1.82) is 0 Å². The van der Waals surface area contributed by atoms with Crippen LogP contribution in [0.5, 0.6) is 5.75 Å². The number of hydrazone groups is 1. The predicted octanol–water partition coefficient (Wildman–Crippen LogP) is 5.24. The number of fused-ring (bicyclic) bond motifs is 1. The number of carbonyl (C=O) groups excluding carboxylic acids is 1. The van der Waals surface area contributed by atoms with Gasteiger partial charge in [-0.05, 0) is 59.6 Å². The maximum Gasteiger partial charge on any atom is 0.271 e. The quantitative estimate of drug-likeness (QED) is 0.562. The Hall–Kier alpha value is -2.88. The van der Waals surface area contributed by atoms with Gasteiger partial charge in [-0.2, -0.15) is 5.10 Å². The fourth-order valence-electron chi connectivity index (χ4n) is 3.82. The molecule has 0 saturated heterocycles. The maximum atomic E-state index is 12.3. The number of hydrogen-bond donors (Lipinski definition) is 1. The summed E-state index contributed by atoms with van der Waals surface area (Å²) in [7, 11) is 0. The molecule has 0 aromatic heterocycles. The Balaban J connectivity index is 1.28. The van der Waals surface area contributed by atoms with Gasteiger partial charge in [-0.3, -0.25) is 4.79 Å². The van der Waals surface area contributed by atoms with Crippen LogP contribution in [0, 0.1) is 11.8 Å². The monoisotopic (exact) mass is 388 g/mol. The number of carbonyl (C=O) groups is 1. The van der Waals surface area contributed by atoms with Gasteiger partial charge in [0.2, 0.25) is 0 Å². The molecule has 1 N–H and O–H groups in total. The van der Waals surface area contributed by atoms with Gasteiger partial charge in [-0.1, -0.05) is 57.2 Å². The van der Waals surface area contributed by atoms with E-state index in [1.807, 2.05) is 36.4 Å². The molecule has 2 aliphatic carbocycles. The third-order valence-corrected chi connectivity index (χ3v) is 5.81. The Kier molecular flexibility index (Phi) is 5.27. The summed E-state index contributed by atoms with van der Waals surface area (Å²) in [6, 6.07) is 15.7. The molecule has 1 fully saturated rings. The van der Waals surface area contributed by atoms with Crippen molar-refractivity contribution in [2.75, 3.05) is 0 Å². The Bertz CT molecular complexity index is 934. The van der Waals surface area contributed by atoms with Crippen LogP contribution in [0.3, 0.4) is 0 Å². The van der Waals surface area contributed by atoms with Crippen LogP contribution in [0.15, 0.2) is 65.8 Å². The van der Waals surface area contributed by atoms with E-state index < -0.39 is 0 Å². The van der Waals surface area contributed by atoms with Gasteiger partial charge >= 0.3 is 0 Å². The summed E-state index contributed by atoms with van der Waals surface area (Å²) in [5, 5.41) is 4.32. The number of hydrogen-bond acceptors (Lipinski definition) is 3. The van der Waals surface area contributed by atoms with E-state index in [2.05, 4.69) is 55.6 Å². The zero-order chi connectivity index (χ0) is 20.4. The molecule has 0 radical (unpaired) electrons. The van der Waals surface area contributed by atoms with E-state index in [-0.39, 0.29) is 11.3 Å². The van der Waals surface area contributed by atoms with Crippen molar-refractivity contribution >= 4 is 11.6 Å². The SMILES string of the molecule is CC(C)(C)c1ccc(OCc2ccc(C(=O)N/N=C3/C[C@H]4C=CC[C@@H]34)cc2)cc1. The lowest BCUT2D eigenvalue weighted by Gasteiger charge is -2.31. The summed E-state index contributed by atoms with van der Waals surface area (Å²) >= 11 is 0. The van der Waals surface area contributed by atoms with Crippen LogP contribution in [0.4, 0.5) is 0 Å². The minimum absolute atomic E-state index is 0.133. The van der Waals surface area contributed by atoms with Gasteiger partial charge in [-0.25, -0.2) is 5.43 Å². The lowest BCUT2D eigenvalue weighted by Crippen LogP contribution is -2.35. The first-order valence-corrected chi connectivity index (χ1v) is 10.3. The van der Waals surface area contributed by atoms with Crippen LogP contribution < -0.4 is 10.2 Å². The second-order valence-corrected chi connectivity index (χ2v) is 8.94. The predicted molar refractivity (Wildman–Crippen MR) is 116 cm³/mol. The third-order valence-electron chi connectivity index (χ3n) is 5.81. The number of ether oxygens (including phenoxy) is 1. The normalized spacial score (nSPS) is 21.6. The molecule has 4 rings (SSSR count). The largest absolute Gasteiger partial charge is 0.489 e. The number of nitrogens with zero attached hydrogens (tertiary/aromatic N) is 1. The van der Waals surface area contributed by atoms with Crippen LogP contribution in [0.1, 0.15) is 55.1 Å². The van der Waals surface area contributed by atoms with E-state index >= 15 is 0 Å². The number of benzene rings is 2. The van der Waals surface area contributed by atoms with Crippen molar-refractivity contribution in [2.45, 2.75) is 45.6 Å². The molecule has 1 saturated carbocycles. The second kappa shape index (κ2) is 7.86. The molecule has 150 valence electrons. The lowest BCUT2D eigenvalue weighted by atomic mass is 9.74. The van der Waals surface area contributed by atoms with Crippen LogP contribution in [0.2, 0.25) is 0 Å². The summed E-state index contributed by atoms with van der Waals surface area (Å²) in [5.41, 5.74) is 6.85. The summed E-state index contributed by atoms with van der Waals surface area (Å²) in [4.78, 5) is 12.3. The molecule has 2 atom stereocenters. The molecule has 2 aromatic rings. The first kappa shape index (κ1) is 19.4. The molecule has 1 amide bonds. The summed E-state index contributed by atoms with van der Waals surface area (Å²) in [6.07, 6.45) is 6.48. The minimum atomic E-state index is -0.169. The van der Waals surface area contributed by atoms with E-state index in [1.165, 1.54) is 5.56 Å². The van der Waals surface area contributed by atoms with E-state index in [0.29, 0.717) is 24.0 Å². The van der Waals surface area contributed by atoms with Crippen LogP contribution in [0.25, 0.3) is 0 Å². The molecule has 4 nitrogen and oxygen atoms in total. The first-order chi connectivity index (χ1) is 13.9. The molecular weight excluding hydrogens is 360 g/mol. The average Bonchev–Trinajstić information content (AvgIpc) is 3.07. The highest BCUT2D eigenvalue weighted by Crippen LogP contribution is 2.40. The summed E-state index contributed by atoms with van der Waals surface area (Å²) in [5.74, 6) is 1.81. The Morgan fingerprint density at radius 2 is 1.83 bits per heavy atom. The molecular formula is C25H28N2O2. The molecule has 0 aliphatic heterocycles. The van der Waals surface area contributed by atoms with Crippen molar-refractivity contribution in [3.05, 3.63) is 77.4 Å². The van der Waals surface area contributed by atoms with E-state index in [0.717, 1.165) is 29.9 Å². The molecule has 0 bridgehead atoms. The first-order valence-electron chi connectivity index (χ1n) is 10.3. The van der Waals surface area contributed by atoms with Gasteiger partial charge in [0.15, 0.2) is 0 Å². The number of allylic oxidation sites excluding steroid dienone is 2. The van der Waals surface area contributed by atoms with E-state index in [4.69, 9.17) is 4.74 Å². The number of nitrogens with one attached hydrogen (secondary N) is 1. The van der Waals surface area contributed by atoms with Crippen LogP contribution >= 0.6 is 0 Å². The van der Waals surface area contributed by atoms with Crippen molar-refractivity contribution in [3.63, 3.8) is 0 Å². The highest BCUT2D eigenvalue weighted by molar-refractivity contribution is 5.98. The van der Waals surface area contributed by atoms with Crippen LogP contribution in [-0.4, -0.2) is 11.6 Å². The van der Waals surface area contributed by atoms with E-state index in [1.54, 1.807) is 0 Å². The smallest absolute Gasteiger partial charge is 0.271 e. The number of rotatable bonds is 5. The molecule has 0 unspecified atom stereocenters. The Labute approximate surface area is 172 Å². The van der Waals surface area contributed by atoms with Crippen molar-refractivity contribution in [3.8, 4) is 5.75 Å². The average molecular weight is 389 g/mol. The van der Waals surface area contributed by atoms with Crippen molar-refractivity contribution in [1.82, 2.24) is 5.43 Å². The van der Waals surface area contributed by atoms with Gasteiger partial charge in [0.25, 0.3) is 5.91 Å². The zero-order valence-electron chi connectivity index (χ0n) is 17.3. The van der Waals surface area contributed by atoms with Gasteiger partial charge in [0.1, 0.15) is 12.4 Å². The van der Waals surface area contributed by atoms with Gasteiger partial charge < -0.3 is 4.74 Å². The topological polar surface area (TPSA) is 50.7 Å². The minimum Gasteiger partial charge on any atom is -0.489 e. The Morgan fingerprint density at radius 3 is 2.48 bits per heavy atom. The van der Waals surface area contributed by atoms with Crippen LogP contribution in [-0.2, 0) is 12.0 Å². The fraction of sp³-hybridized carbons (Fsp3) is 0.360. The highest BCUT2D eigenvalue weighted by atomic mass is 16.5.